The summed E-state index contributed by atoms with van der Waals surface area (Å²) >= 11 is 0. The van der Waals surface area contributed by atoms with E-state index in [9.17, 15) is 0 Å². The summed E-state index contributed by atoms with van der Waals surface area (Å²) in [6.45, 7) is 2.33. The van der Waals surface area contributed by atoms with Crippen molar-refractivity contribution in [2.75, 3.05) is 18.0 Å². The molecule has 0 unspecified atom stereocenters. The number of hydrogen-bond donors (Lipinski definition) is 0. The van der Waals surface area contributed by atoms with Crippen molar-refractivity contribution in [1.29, 1.82) is 0 Å². The number of anilines is 1. The van der Waals surface area contributed by atoms with E-state index >= 15 is 0 Å². The first kappa shape index (κ1) is 18.1. The molecule has 3 heterocycles. The fraction of sp³-hybridized carbons (Fsp3) is 0.185. The third kappa shape index (κ3) is 3.25. The molecule has 1 fully saturated rings. The smallest absolute Gasteiger partial charge is 0.162 e. The van der Waals surface area contributed by atoms with Crippen LogP contribution in [0.2, 0.25) is 0 Å². The van der Waals surface area contributed by atoms with Gasteiger partial charge in [0.15, 0.2) is 5.65 Å². The van der Waals surface area contributed by atoms with Gasteiger partial charge in [-0.15, -0.1) is 0 Å². The Bertz CT molecular complexity index is 1360. The van der Waals surface area contributed by atoms with Crippen LogP contribution in [-0.4, -0.2) is 27.7 Å². The minimum Gasteiger partial charge on any atom is -0.372 e. The van der Waals surface area contributed by atoms with E-state index in [4.69, 9.17) is 4.98 Å². The molecule has 0 spiro atoms. The van der Waals surface area contributed by atoms with Crippen LogP contribution in [0, 0.1) is 0 Å². The van der Waals surface area contributed by atoms with Crippen LogP contribution in [0.15, 0.2) is 85.3 Å². The van der Waals surface area contributed by atoms with Gasteiger partial charge in [-0.1, -0.05) is 54.6 Å². The van der Waals surface area contributed by atoms with Crippen LogP contribution in [0.1, 0.15) is 19.3 Å². The van der Waals surface area contributed by atoms with Gasteiger partial charge in [0.25, 0.3) is 0 Å². The van der Waals surface area contributed by atoms with Crippen molar-refractivity contribution in [3.05, 3.63) is 85.3 Å². The minimum absolute atomic E-state index is 0.880. The molecule has 0 saturated carbocycles. The summed E-state index contributed by atoms with van der Waals surface area (Å²) in [6, 6.07) is 23.7. The molecule has 0 aliphatic carbocycles. The average Bonchev–Trinajstić information content (AvgIpc) is 3.27. The summed E-state index contributed by atoms with van der Waals surface area (Å²) in [5, 5.41) is 7.07. The first-order valence-corrected chi connectivity index (χ1v) is 11.0. The number of fused-ring (bicyclic) bond motifs is 2. The van der Waals surface area contributed by atoms with E-state index in [1.54, 1.807) is 0 Å². The summed E-state index contributed by atoms with van der Waals surface area (Å²) in [4.78, 5) is 7.29. The molecule has 3 aromatic carbocycles. The van der Waals surface area contributed by atoms with Crippen molar-refractivity contribution in [3.63, 3.8) is 0 Å². The lowest BCUT2D eigenvalue weighted by atomic mass is 10.0. The van der Waals surface area contributed by atoms with Gasteiger partial charge in [-0.05, 0) is 53.3 Å². The second kappa shape index (κ2) is 7.55. The molecule has 0 bridgehead atoms. The highest BCUT2D eigenvalue weighted by Gasteiger charge is 2.13. The summed E-state index contributed by atoms with van der Waals surface area (Å²) < 4.78 is 1.89. The molecule has 4 nitrogen and oxygen atoms in total. The minimum atomic E-state index is 0.880. The standard InChI is InChI=1S/C27H24N4/c1-4-15-30(16-5-1)23-13-11-20(12-14-23)22-17-28-27-26(18-29-31(27)19-22)25-10-6-8-21-7-2-3-9-24(21)25/h2-3,6-14,17-19H,1,4-5,15-16H2. The Morgan fingerprint density at radius 1 is 0.677 bits per heavy atom. The van der Waals surface area contributed by atoms with Gasteiger partial charge < -0.3 is 4.90 Å². The zero-order valence-electron chi connectivity index (χ0n) is 17.4. The zero-order chi connectivity index (χ0) is 20.6. The SMILES string of the molecule is c1ccc2c(-c3cnn4cc(-c5ccc(N6CCCCC6)cc5)cnc34)cccc2c1. The molecule has 0 atom stereocenters. The summed E-state index contributed by atoms with van der Waals surface area (Å²) in [5.41, 5.74) is 6.66. The Kier molecular flexibility index (Phi) is 4.42. The quantitative estimate of drug-likeness (QED) is 0.359. The van der Waals surface area contributed by atoms with Gasteiger partial charge in [-0.25, -0.2) is 9.50 Å². The summed E-state index contributed by atoms with van der Waals surface area (Å²) in [6.07, 6.45) is 9.90. The predicted molar refractivity (Wildman–Crippen MR) is 127 cm³/mol. The van der Waals surface area contributed by atoms with Gasteiger partial charge in [-0.2, -0.15) is 5.10 Å². The molecule has 0 amide bonds. The fourth-order valence-electron chi connectivity index (χ4n) is 4.69. The maximum atomic E-state index is 4.80. The first-order valence-electron chi connectivity index (χ1n) is 11.0. The molecule has 0 N–H and O–H groups in total. The Morgan fingerprint density at radius 2 is 1.48 bits per heavy atom. The molecular formula is C27H24N4. The van der Waals surface area contributed by atoms with Crippen molar-refractivity contribution < 1.29 is 0 Å². The van der Waals surface area contributed by atoms with E-state index in [0.717, 1.165) is 35.4 Å². The molecule has 0 radical (unpaired) electrons. The number of piperidine rings is 1. The topological polar surface area (TPSA) is 33.4 Å². The normalized spacial score (nSPS) is 14.4. The van der Waals surface area contributed by atoms with E-state index < -0.39 is 0 Å². The zero-order valence-corrected chi connectivity index (χ0v) is 17.4. The van der Waals surface area contributed by atoms with Gasteiger partial charge in [0, 0.05) is 42.3 Å². The molecule has 1 aliphatic rings. The highest BCUT2D eigenvalue weighted by molar-refractivity contribution is 5.99. The van der Waals surface area contributed by atoms with Gasteiger partial charge >= 0.3 is 0 Å². The van der Waals surface area contributed by atoms with Crippen LogP contribution in [-0.2, 0) is 0 Å². The van der Waals surface area contributed by atoms with Gasteiger partial charge in [0.05, 0.1) is 6.20 Å². The fourth-order valence-corrected chi connectivity index (χ4v) is 4.69. The first-order chi connectivity index (χ1) is 15.4. The average molecular weight is 405 g/mol. The van der Waals surface area contributed by atoms with E-state index in [2.05, 4.69) is 82.9 Å². The molecule has 31 heavy (non-hydrogen) atoms. The van der Waals surface area contributed by atoms with Gasteiger partial charge in [0.2, 0.25) is 0 Å². The lowest BCUT2D eigenvalue weighted by Crippen LogP contribution is -2.29. The lowest BCUT2D eigenvalue weighted by molar-refractivity contribution is 0.578. The number of nitrogens with zero attached hydrogens (tertiary/aromatic N) is 4. The summed E-state index contributed by atoms with van der Waals surface area (Å²) in [7, 11) is 0. The molecule has 2 aromatic heterocycles. The van der Waals surface area contributed by atoms with Crippen LogP contribution in [0.25, 0.3) is 38.7 Å². The van der Waals surface area contributed by atoms with Crippen LogP contribution in [0.3, 0.4) is 0 Å². The molecule has 1 aliphatic heterocycles. The largest absolute Gasteiger partial charge is 0.372 e. The van der Waals surface area contributed by atoms with Crippen molar-refractivity contribution in [2.45, 2.75) is 19.3 Å². The van der Waals surface area contributed by atoms with E-state index in [1.807, 2.05) is 16.9 Å². The van der Waals surface area contributed by atoms with Crippen LogP contribution in [0.5, 0.6) is 0 Å². The number of hydrogen-bond acceptors (Lipinski definition) is 3. The van der Waals surface area contributed by atoms with Crippen LogP contribution >= 0.6 is 0 Å². The number of benzene rings is 3. The third-order valence-electron chi connectivity index (χ3n) is 6.36. The predicted octanol–water partition coefficient (Wildman–Crippen LogP) is 6.21. The number of aromatic nitrogens is 3. The van der Waals surface area contributed by atoms with E-state index in [0.29, 0.717) is 0 Å². The maximum absolute atomic E-state index is 4.80. The Morgan fingerprint density at radius 3 is 2.35 bits per heavy atom. The second-order valence-electron chi connectivity index (χ2n) is 8.29. The molecule has 5 aromatic rings. The molecular weight excluding hydrogens is 380 g/mol. The Hall–Kier alpha value is -3.66. The highest BCUT2D eigenvalue weighted by Crippen LogP contribution is 2.32. The van der Waals surface area contributed by atoms with Crippen molar-refractivity contribution in [2.24, 2.45) is 0 Å². The van der Waals surface area contributed by atoms with Crippen molar-refractivity contribution >= 4 is 22.1 Å². The molecule has 4 heteroatoms. The monoisotopic (exact) mass is 404 g/mol. The summed E-state index contributed by atoms with van der Waals surface area (Å²) in [5.74, 6) is 0. The number of rotatable bonds is 3. The third-order valence-corrected chi connectivity index (χ3v) is 6.36. The second-order valence-corrected chi connectivity index (χ2v) is 8.29. The lowest BCUT2D eigenvalue weighted by Gasteiger charge is -2.28. The molecule has 6 rings (SSSR count). The molecule has 152 valence electrons. The van der Waals surface area contributed by atoms with Gasteiger partial charge in [0.1, 0.15) is 0 Å². The van der Waals surface area contributed by atoms with Crippen LogP contribution < -0.4 is 4.90 Å². The maximum Gasteiger partial charge on any atom is 0.162 e. The highest BCUT2D eigenvalue weighted by atomic mass is 15.2. The van der Waals surface area contributed by atoms with Gasteiger partial charge in [-0.3, -0.25) is 0 Å². The van der Waals surface area contributed by atoms with E-state index in [1.165, 1.54) is 41.3 Å². The van der Waals surface area contributed by atoms with Crippen molar-refractivity contribution in [1.82, 2.24) is 14.6 Å². The van der Waals surface area contributed by atoms with Crippen LogP contribution in [0.4, 0.5) is 5.69 Å². The Labute approximate surface area is 181 Å². The van der Waals surface area contributed by atoms with E-state index in [-0.39, 0.29) is 0 Å². The Balaban J connectivity index is 1.36. The van der Waals surface area contributed by atoms with Crippen molar-refractivity contribution in [3.8, 4) is 22.3 Å². The molecule has 1 saturated heterocycles.